The summed E-state index contributed by atoms with van der Waals surface area (Å²) in [5.74, 6) is -1.11. The zero-order chi connectivity index (χ0) is 16.1. The highest BCUT2D eigenvalue weighted by atomic mass is 32.2. The van der Waals surface area contributed by atoms with Crippen LogP contribution in [0.15, 0.2) is 53.4 Å². The summed E-state index contributed by atoms with van der Waals surface area (Å²) in [7, 11) is 0. The molecule has 2 aromatic carbocycles. The smallest absolute Gasteiger partial charge is 0.317 e. The Morgan fingerprint density at radius 3 is 1.95 bits per heavy atom. The molecule has 0 saturated heterocycles. The van der Waals surface area contributed by atoms with Crippen LogP contribution in [-0.4, -0.2) is 22.1 Å². The normalized spacial score (nSPS) is 11.9. The van der Waals surface area contributed by atoms with Gasteiger partial charge in [-0.1, -0.05) is 47.5 Å². The first-order valence-electron chi connectivity index (χ1n) is 7.01. The minimum absolute atomic E-state index is 0.0169. The number of Topliss-reactive ketones (excluding diaryl/α,β-unsaturated/α-hetero) is 1. The average molecular weight is 314 g/mol. The van der Waals surface area contributed by atoms with Gasteiger partial charge >= 0.3 is 5.97 Å². The van der Waals surface area contributed by atoms with Gasteiger partial charge in [0.05, 0.1) is 0 Å². The molecule has 2 aromatic rings. The molecule has 0 unspecified atom stereocenters. The predicted molar refractivity (Wildman–Crippen MR) is 88.6 cm³/mol. The second-order valence-electron chi connectivity index (χ2n) is 5.25. The summed E-state index contributed by atoms with van der Waals surface area (Å²) < 4.78 is 0. The van der Waals surface area contributed by atoms with Crippen LogP contribution in [0, 0.1) is 13.8 Å². The Labute approximate surface area is 134 Å². The van der Waals surface area contributed by atoms with E-state index in [0.29, 0.717) is 5.56 Å². The Morgan fingerprint density at radius 1 is 0.955 bits per heavy atom. The Bertz CT molecular complexity index is 660. The molecule has 114 valence electrons. The van der Waals surface area contributed by atoms with Gasteiger partial charge in [-0.05, 0) is 26.0 Å². The van der Waals surface area contributed by atoms with Crippen molar-refractivity contribution >= 4 is 23.5 Å². The monoisotopic (exact) mass is 314 g/mol. The van der Waals surface area contributed by atoms with Crippen LogP contribution < -0.4 is 0 Å². The van der Waals surface area contributed by atoms with E-state index in [9.17, 15) is 14.7 Å². The van der Waals surface area contributed by atoms with Crippen LogP contribution in [0.25, 0.3) is 0 Å². The first-order chi connectivity index (χ1) is 10.5. The van der Waals surface area contributed by atoms with Gasteiger partial charge in [-0.2, -0.15) is 0 Å². The molecular weight excluding hydrogens is 296 g/mol. The number of ketones is 1. The van der Waals surface area contributed by atoms with E-state index < -0.39 is 11.2 Å². The second-order valence-corrected chi connectivity index (χ2v) is 6.53. The second kappa shape index (κ2) is 7.27. The SMILES string of the molecule is Cc1ccc(S[C@@H](CC(=O)c2ccc(C)cc2)C(=O)O)cc1. The molecule has 0 saturated carbocycles. The van der Waals surface area contributed by atoms with Crippen LogP contribution in [-0.2, 0) is 4.79 Å². The van der Waals surface area contributed by atoms with Crippen molar-refractivity contribution in [2.24, 2.45) is 0 Å². The van der Waals surface area contributed by atoms with Gasteiger partial charge in [0.25, 0.3) is 0 Å². The number of carboxylic acids is 1. The van der Waals surface area contributed by atoms with E-state index in [1.54, 1.807) is 12.1 Å². The van der Waals surface area contributed by atoms with E-state index in [1.165, 1.54) is 11.8 Å². The van der Waals surface area contributed by atoms with Gasteiger partial charge in [-0.25, -0.2) is 0 Å². The highest BCUT2D eigenvalue weighted by Gasteiger charge is 2.23. The third-order valence-electron chi connectivity index (χ3n) is 3.32. The molecule has 4 heteroatoms. The van der Waals surface area contributed by atoms with Gasteiger partial charge < -0.3 is 5.11 Å². The number of rotatable bonds is 6. The van der Waals surface area contributed by atoms with Gasteiger partial charge in [0.2, 0.25) is 0 Å². The number of aliphatic carboxylic acids is 1. The highest BCUT2D eigenvalue weighted by Crippen LogP contribution is 2.27. The molecule has 3 nitrogen and oxygen atoms in total. The van der Waals surface area contributed by atoms with Crippen molar-refractivity contribution < 1.29 is 14.7 Å². The van der Waals surface area contributed by atoms with Gasteiger partial charge in [0.1, 0.15) is 5.25 Å². The molecule has 0 aromatic heterocycles. The van der Waals surface area contributed by atoms with Crippen LogP contribution in [0.2, 0.25) is 0 Å². The van der Waals surface area contributed by atoms with Crippen molar-refractivity contribution in [3.8, 4) is 0 Å². The fourth-order valence-corrected chi connectivity index (χ4v) is 2.94. The molecular formula is C18H18O3S. The maximum absolute atomic E-state index is 12.2. The van der Waals surface area contributed by atoms with E-state index in [2.05, 4.69) is 0 Å². The number of carbonyl (C=O) groups is 2. The topological polar surface area (TPSA) is 54.4 Å². The lowest BCUT2D eigenvalue weighted by Crippen LogP contribution is -2.20. The third-order valence-corrected chi connectivity index (χ3v) is 4.52. The van der Waals surface area contributed by atoms with Crippen LogP contribution >= 0.6 is 11.8 Å². The summed E-state index contributed by atoms with van der Waals surface area (Å²) in [6.07, 6.45) is -0.0169. The summed E-state index contributed by atoms with van der Waals surface area (Å²) >= 11 is 1.21. The third kappa shape index (κ3) is 4.46. The lowest BCUT2D eigenvalue weighted by atomic mass is 10.1. The maximum atomic E-state index is 12.2. The molecule has 2 rings (SSSR count). The van der Waals surface area contributed by atoms with Crippen molar-refractivity contribution in [2.75, 3.05) is 0 Å². The number of hydrogen-bond acceptors (Lipinski definition) is 3. The minimum Gasteiger partial charge on any atom is -0.480 e. The van der Waals surface area contributed by atoms with Gasteiger partial charge in [-0.3, -0.25) is 9.59 Å². The molecule has 22 heavy (non-hydrogen) atoms. The quantitative estimate of drug-likeness (QED) is 0.643. The average Bonchev–Trinajstić information content (AvgIpc) is 2.49. The first kappa shape index (κ1) is 16.3. The fraction of sp³-hybridized carbons (Fsp3) is 0.222. The van der Waals surface area contributed by atoms with Crippen LogP contribution in [0.1, 0.15) is 27.9 Å². The lowest BCUT2D eigenvalue weighted by Gasteiger charge is -2.11. The molecule has 1 N–H and O–H groups in total. The minimum atomic E-state index is -0.967. The number of carbonyl (C=O) groups excluding carboxylic acids is 1. The van der Waals surface area contributed by atoms with Crippen LogP contribution in [0.4, 0.5) is 0 Å². The Hall–Kier alpha value is -2.07. The molecule has 0 radical (unpaired) electrons. The van der Waals surface area contributed by atoms with Gasteiger partial charge in [0.15, 0.2) is 5.78 Å². The fourth-order valence-electron chi connectivity index (χ4n) is 1.99. The van der Waals surface area contributed by atoms with Crippen molar-refractivity contribution in [3.05, 3.63) is 65.2 Å². The molecule has 0 heterocycles. The van der Waals surface area contributed by atoms with Crippen molar-refractivity contribution in [3.63, 3.8) is 0 Å². The Balaban J connectivity index is 2.08. The highest BCUT2D eigenvalue weighted by molar-refractivity contribution is 8.00. The molecule has 1 atom stereocenters. The van der Waals surface area contributed by atoms with E-state index in [1.807, 2.05) is 50.2 Å². The van der Waals surface area contributed by atoms with E-state index in [-0.39, 0.29) is 12.2 Å². The number of hydrogen-bond donors (Lipinski definition) is 1. The van der Waals surface area contributed by atoms with E-state index in [0.717, 1.165) is 16.0 Å². The molecule has 0 aliphatic heterocycles. The van der Waals surface area contributed by atoms with Crippen molar-refractivity contribution in [2.45, 2.75) is 30.4 Å². The van der Waals surface area contributed by atoms with Gasteiger partial charge in [-0.15, -0.1) is 11.8 Å². The van der Waals surface area contributed by atoms with Crippen molar-refractivity contribution in [1.29, 1.82) is 0 Å². The summed E-state index contributed by atoms with van der Waals surface area (Å²) in [4.78, 5) is 24.5. The number of benzene rings is 2. The summed E-state index contributed by atoms with van der Waals surface area (Å²) in [6, 6.07) is 14.8. The maximum Gasteiger partial charge on any atom is 0.317 e. The summed E-state index contributed by atoms with van der Waals surface area (Å²) in [5, 5.41) is 8.57. The van der Waals surface area contributed by atoms with Crippen LogP contribution in [0.5, 0.6) is 0 Å². The Kier molecular flexibility index (Phi) is 5.39. The molecule has 0 fully saturated rings. The Morgan fingerprint density at radius 2 is 1.45 bits per heavy atom. The largest absolute Gasteiger partial charge is 0.480 e. The number of aryl methyl sites for hydroxylation is 2. The predicted octanol–water partition coefficient (Wildman–Crippen LogP) is 4.12. The van der Waals surface area contributed by atoms with E-state index >= 15 is 0 Å². The summed E-state index contributed by atoms with van der Waals surface area (Å²) in [5.41, 5.74) is 2.74. The first-order valence-corrected chi connectivity index (χ1v) is 7.89. The number of thioether (sulfide) groups is 1. The van der Waals surface area contributed by atoms with Gasteiger partial charge in [0, 0.05) is 16.9 Å². The van der Waals surface area contributed by atoms with Crippen LogP contribution in [0.3, 0.4) is 0 Å². The molecule has 0 amide bonds. The zero-order valence-electron chi connectivity index (χ0n) is 12.6. The summed E-state index contributed by atoms with van der Waals surface area (Å²) in [6.45, 7) is 3.92. The standard InChI is InChI=1S/C18H18O3S/c1-12-3-7-14(8-4-12)16(19)11-17(18(20)21)22-15-9-5-13(2)6-10-15/h3-10,17H,11H2,1-2H3,(H,20,21)/t17-/m0/s1. The van der Waals surface area contributed by atoms with Crippen molar-refractivity contribution in [1.82, 2.24) is 0 Å². The molecule has 0 spiro atoms. The lowest BCUT2D eigenvalue weighted by molar-refractivity contribution is -0.136. The molecule has 0 aliphatic rings. The number of carboxylic acid groups (broad SMARTS) is 1. The molecule has 0 bridgehead atoms. The zero-order valence-corrected chi connectivity index (χ0v) is 13.4. The molecule has 0 aliphatic carbocycles. The van der Waals surface area contributed by atoms with E-state index in [4.69, 9.17) is 0 Å².